The highest BCUT2D eigenvalue weighted by molar-refractivity contribution is 8.00. The van der Waals surface area contributed by atoms with Crippen LogP contribution >= 0.6 is 34.4 Å². The lowest BCUT2D eigenvalue weighted by atomic mass is 9.97. The number of aromatic amines is 1. The standard InChI is InChI=1S/C16H16N4O2S3/c1-8(12(21)18-15-17-6-7-23-15)24-16-19-13(22)11-9-4-2-3-5-10(9)25-14(11)20-16/h6-8H,2-5H2,1H3,(H,17,18,21)(H,19,20,22). The number of nitrogens with one attached hydrogen (secondary N) is 2. The maximum absolute atomic E-state index is 12.5. The highest BCUT2D eigenvalue weighted by Gasteiger charge is 2.22. The molecule has 0 spiro atoms. The molecule has 0 saturated heterocycles. The molecule has 0 aliphatic heterocycles. The summed E-state index contributed by atoms with van der Waals surface area (Å²) in [5, 5.41) is 5.97. The number of carbonyl (C=O) groups excluding carboxylic acids is 1. The van der Waals surface area contributed by atoms with Crippen LogP contribution in [0, 0.1) is 0 Å². The summed E-state index contributed by atoms with van der Waals surface area (Å²) in [4.78, 5) is 38.3. The van der Waals surface area contributed by atoms with E-state index in [4.69, 9.17) is 0 Å². The fraction of sp³-hybridized carbons (Fsp3) is 0.375. The van der Waals surface area contributed by atoms with Gasteiger partial charge < -0.3 is 10.3 Å². The SMILES string of the molecule is CC(Sc1nc2sc3c(c2c(=O)[nH]1)CCCC3)C(=O)Nc1nccs1. The average Bonchev–Trinajstić information content (AvgIpc) is 3.21. The molecule has 1 unspecified atom stereocenters. The maximum atomic E-state index is 12.5. The van der Waals surface area contributed by atoms with E-state index < -0.39 is 0 Å². The quantitative estimate of drug-likeness (QED) is 0.525. The van der Waals surface area contributed by atoms with Crippen molar-refractivity contribution in [3.05, 3.63) is 32.4 Å². The second kappa shape index (κ2) is 6.89. The monoisotopic (exact) mass is 392 g/mol. The van der Waals surface area contributed by atoms with Crippen LogP contribution in [0.5, 0.6) is 0 Å². The van der Waals surface area contributed by atoms with Gasteiger partial charge in [0.05, 0.1) is 10.6 Å². The minimum atomic E-state index is -0.390. The van der Waals surface area contributed by atoms with Gasteiger partial charge >= 0.3 is 0 Å². The number of amides is 1. The first-order valence-corrected chi connectivity index (χ1v) is 10.6. The number of anilines is 1. The summed E-state index contributed by atoms with van der Waals surface area (Å²) in [5.41, 5.74) is 1.07. The van der Waals surface area contributed by atoms with E-state index in [1.165, 1.54) is 40.0 Å². The second-order valence-corrected chi connectivity index (χ2v) is 9.16. The van der Waals surface area contributed by atoms with Crippen LogP contribution in [0.2, 0.25) is 0 Å². The molecule has 9 heteroatoms. The van der Waals surface area contributed by atoms with Crippen molar-refractivity contribution in [3.8, 4) is 0 Å². The Morgan fingerprint density at radius 3 is 3.04 bits per heavy atom. The van der Waals surface area contributed by atoms with Crippen molar-refractivity contribution in [2.75, 3.05) is 5.32 Å². The van der Waals surface area contributed by atoms with Gasteiger partial charge in [-0.3, -0.25) is 9.59 Å². The summed E-state index contributed by atoms with van der Waals surface area (Å²) in [6, 6.07) is 0. The molecule has 1 amide bonds. The molecule has 0 aromatic carbocycles. The molecule has 1 aliphatic carbocycles. The fourth-order valence-electron chi connectivity index (χ4n) is 2.91. The Hall–Kier alpha value is -1.71. The number of aromatic nitrogens is 3. The summed E-state index contributed by atoms with van der Waals surface area (Å²) in [6.45, 7) is 1.79. The molecule has 25 heavy (non-hydrogen) atoms. The summed E-state index contributed by atoms with van der Waals surface area (Å²) < 4.78 is 0. The third kappa shape index (κ3) is 3.36. The number of thioether (sulfide) groups is 1. The smallest absolute Gasteiger partial charge is 0.260 e. The van der Waals surface area contributed by atoms with Gasteiger partial charge in [0.15, 0.2) is 10.3 Å². The van der Waals surface area contributed by atoms with E-state index in [1.807, 2.05) is 0 Å². The number of nitrogens with zero attached hydrogens (tertiary/aromatic N) is 2. The Balaban J connectivity index is 1.57. The van der Waals surface area contributed by atoms with Crippen LogP contribution in [0.15, 0.2) is 21.5 Å². The van der Waals surface area contributed by atoms with E-state index in [0.29, 0.717) is 10.3 Å². The molecule has 3 aromatic rings. The highest BCUT2D eigenvalue weighted by Crippen LogP contribution is 2.34. The predicted molar refractivity (Wildman–Crippen MR) is 103 cm³/mol. The number of thiophene rings is 1. The number of rotatable bonds is 4. The van der Waals surface area contributed by atoms with Crippen LogP contribution in [-0.4, -0.2) is 26.1 Å². The van der Waals surface area contributed by atoms with Gasteiger partial charge in [-0.05, 0) is 38.2 Å². The zero-order valence-electron chi connectivity index (χ0n) is 13.5. The molecule has 3 aromatic heterocycles. The fourth-order valence-corrected chi connectivity index (χ4v) is 5.56. The highest BCUT2D eigenvalue weighted by atomic mass is 32.2. The third-order valence-corrected chi connectivity index (χ3v) is 6.98. The molecule has 130 valence electrons. The summed E-state index contributed by atoms with van der Waals surface area (Å²) in [5.74, 6) is -0.159. The van der Waals surface area contributed by atoms with Gasteiger partial charge in [-0.15, -0.1) is 22.7 Å². The molecular formula is C16H16N4O2S3. The lowest BCUT2D eigenvalue weighted by Crippen LogP contribution is -2.23. The number of thiazole rings is 1. The molecule has 0 bridgehead atoms. The molecule has 0 radical (unpaired) electrons. The largest absolute Gasteiger partial charge is 0.301 e. The van der Waals surface area contributed by atoms with E-state index in [0.717, 1.165) is 29.5 Å². The Morgan fingerprint density at radius 2 is 2.24 bits per heavy atom. The van der Waals surface area contributed by atoms with Crippen LogP contribution in [-0.2, 0) is 17.6 Å². The lowest BCUT2D eigenvalue weighted by Gasteiger charge is -2.10. The van der Waals surface area contributed by atoms with Gasteiger partial charge in [0.1, 0.15) is 4.83 Å². The van der Waals surface area contributed by atoms with Crippen molar-refractivity contribution >= 4 is 55.7 Å². The van der Waals surface area contributed by atoms with Crippen molar-refractivity contribution in [2.24, 2.45) is 0 Å². The normalized spacial score (nSPS) is 15.1. The Kier molecular flexibility index (Phi) is 4.61. The van der Waals surface area contributed by atoms with Crippen molar-refractivity contribution in [1.82, 2.24) is 15.0 Å². The van der Waals surface area contributed by atoms with Gasteiger partial charge in [0, 0.05) is 16.5 Å². The average molecular weight is 393 g/mol. The van der Waals surface area contributed by atoms with Crippen molar-refractivity contribution in [2.45, 2.75) is 43.0 Å². The van der Waals surface area contributed by atoms with Gasteiger partial charge in [-0.1, -0.05) is 11.8 Å². The van der Waals surface area contributed by atoms with Crippen molar-refractivity contribution in [3.63, 3.8) is 0 Å². The van der Waals surface area contributed by atoms with Gasteiger partial charge in [-0.25, -0.2) is 9.97 Å². The van der Waals surface area contributed by atoms with E-state index in [1.54, 1.807) is 29.8 Å². The first-order chi connectivity index (χ1) is 12.1. The Bertz CT molecular complexity index is 977. The maximum Gasteiger partial charge on any atom is 0.260 e. The predicted octanol–water partition coefficient (Wildman–Crippen LogP) is 3.44. The Labute approximate surface area is 156 Å². The number of H-pyrrole nitrogens is 1. The topological polar surface area (TPSA) is 87.7 Å². The number of carbonyl (C=O) groups is 1. The molecule has 6 nitrogen and oxygen atoms in total. The van der Waals surface area contributed by atoms with Crippen molar-refractivity contribution < 1.29 is 4.79 Å². The molecule has 1 atom stereocenters. The molecule has 1 aliphatic rings. The minimum absolute atomic E-state index is 0.0977. The molecular weight excluding hydrogens is 376 g/mol. The van der Waals surface area contributed by atoms with Crippen molar-refractivity contribution in [1.29, 1.82) is 0 Å². The minimum Gasteiger partial charge on any atom is -0.301 e. The van der Waals surface area contributed by atoms with Crippen LogP contribution in [0.25, 0.3) is 10.2 Å². The van der Waals surface area contributed by atoms with Gasteiger partial charge in [0.2, 0.25) is 5.91 Å². The van der Waals surface area contributed by atoms with Crippen LogP contribution in [0.4, 0.5) is 5.13 Å². The second-order valence-electron chi connectivity index (χ2n) is 5.85. The number of hydrogen-bond donors (Lipinski definition) is 2. The summed E-state index contributed by atoms with van der Waals surface area (Å²) >= 11 is 4.24. The number of fused-ring (bicyclic) bond motifs is 3. The zero-order valence-corrected chi connectivity index (χ0v) is 15.9. The van der Waals surface area contributed by atoms with E-state index in [-0.39, 0.29) is 16.7 Å². The third-order valence-electron chi connectivity index (χ3n) is 4.12. The summed E-state index contributed by atoms with van der Waals surface area (Å²) in [7, 11) is 0. The lowest BCUT2D eigenvalue weighted by molar-refractivity contribution is -0.115. The first kappa shape index (κ1) is 16.7. The Morgan fingerprint density at radius 1 is 1.40 bits per heavy atom. The van der Waals surface area contributed by atoms with E-state index in [9.17, 15) is 9.59 Å². The molecule has 0 saturated carbocycles. The number of aryl methyl sites for hydroxylation is 2. The van der Waals surface area contributed by atoms with Crippen LogP contribution < -0.4 is 10.9 Å². The molecule has 4 rings (SSSR count). The van der Waals surface area contributed by atoms with E-state index >= 15 is 0 Å². The first-order valence-electron chi connectivity index (χ1n) is 8.03. The molecule has 3 heterocycles. The van der Waals surface area contributed by atoms with Gasteiger partial charge in [0.25, 0.3) is 5.56 Å². The number of hydrogen-bond acceptors (Lipinski definition) is 7. The molecule has 2 N–H and O–H groups in total. The molecule has 0 fully saturated rings. The van der Waals surface area contributed by atoms with E-state index in [2.05, 4.69) is 20.3 Å². The van der Waals surface area contributed by atoms with Crippen LogP contribution in [0.3, 0.4) is 0 Å². The van der Waals surface area contributed by atoms with Crippen LogP contribution in [0.1, 0.15) is 30.2 Å². The zero-order chi connectivity index (χ0) is 17.4. The van der Waals surface area contributed by atoms with Gasteiger partial charge in [-0.2, -0.15) is 0 Å². The summed E-state index contributed by atoms with van der Waals surface area (Å²) in [6.07, 6.45) is 5.93.